The summed E-state index contributed by atoms with van der Waals surface area (Å²) in [5.41, 5.74) is 4.86. The number of allylic oxidation sites excluding steroid dienone is 1. The Morgan fingerprint density at radius 3 is 2.54 bits per heavy atom. The van der Waals surface area contributed by atoms with Gasteiger partial charge in [0.1, 0.15) is 6.29 Å². The molecule has 0 saturated carbocycles. The summed E-state index contributed by atoms with van der Waals surface area (Å²) in [6, 6.07) is 2.54. The van der Waals surface area contributed by atoms with E-state index in [1.807, 2.05) is 0 Å². The SMILES string of the molecule is Nc1ccc(C=CC=O)c(F)c1F. The first-order valence-electron chi connectivity index (χ1n) is 3.52. The molecule has 0 aliphatic carbocycles. The van der Waals surface area contributed by atoms with E-state index < -0.39 is 11.6 Å². The summed E-state index contributed by atoms with van der Waals surface area (Å²) < 4.78 is 25.8. The number of anilines is 1. The summed E-state index contributed by atoms with van der Waals surface area (Å²) in [5.74, 6) is -2.13. The lowest BCUT2D eigenvalue weighted by molar-refractivity contribution is -0.104. The van der Waals surface area contributed by atoms with Gasteiger partial charge in [0, 0.05) is 5.56 Å². The number of carbonyl (C=O) groups is 1. The smallest absolute Gasteiger partial charge is 0.182 e. The maximum atomic E-state index is 13.0. The van der Waals surface area contributed by atoms with Gasteiger partial charge in [-0.15, -0.1) is 0 Å². The van der Waals surface area contributed by atoms with Crippen LogP contribution in [0.15, 0.2) is 18.2 Å². The second-order valence-electron chi connectivity index (χ2n) is 2.37. The predicted octanol–water partition coefficient (Wildman–Crippen LogP) is 1.76. The zero-order valence-electron chi connectivity index (χ0n) is 6.63. The van der Waals surface area contributed by atoms with Crippen LogP contribution in [0.2, 0.25) is 0 Å². The fourth-order valence-corrected chi connectivity index (χ4v) is 0.851. The summed E-state index contributed by atoms with van der Waals surface area (Å²) in [7, 11) is 0. The van der Waals surface area contributed by atoms with Crippen LogP contribution in [0, 0.1) is 11.6 Å². The Morgan fingerprint density at radius 2 is 1.92 bits per heavy atom. The van der Waals surface area contributed by atoms with Gasteiger partial charge in [0.2, 0.25) is 0 Å². The molecule has 13 heavy (non-hydrogen) atoms. The molecule has 2 nitrogen and oxygen atoms in total. The number of hydrogen-bond donors (Lipinski definition) is 1. The summed E-state index contributed by atoms with van der Waals surface area (Å²) in [6.07, 6.45) is 2.73. The molecule has 0 heterocycles. The minimum atomic E-state index is -1.09. The standard InChI is InChI=1S/C9H7F2NO/c10-8-6(2-1-5-13)3-4-7(12)9(8)11/h1-5H,12H2. The van der Waals surface area contributed by atoms with E-state index in [1.54, 1.807) is 0 Å². The van der Waals surface area contributed by atoms with Crippen molar-refractivity contribution in [2.75, 3.05) is 5.73 Å². The second kappa shape index (κ2) is 3.80. The third-order valence-corrected chi connectivity index (χ3v) is 1.50. The molecule has 0 atom stereocenters. The van der Waals surface area contributed by atoms with E-state index in [9.17, 15) is 13.6 Å². The molecular weight excluding hydrogens is 176 g/mol. The zero-order valence-corrected chi connectivity index (χ0v) is 6.63. The van der Waals surface area contributed by atoms with Crippen LogP contribution >= 0.6 is 0 Å². The van der Waals surface area contributed by atoms with Crippen LogP contribution in [0.1, 0.15) is 5.56 Å². The van der Waals surface area contributed by atoms with E-state index in [0.29, 0.717) is 6.29 Å². The van der Waals surface area contributed by atoms with Crippen LogP contribution < -0.4 is 5.73 Å². The molecule has 2 N–H and O–H groups in total. The first kappa shape index (κ1) is 9.38. The molecule has 0 unspecified atom stereocenters. The maximum absolute atomic E-state index is 13.0. The molecule has 0 radical (unpaired) electrons. The Labute approximate surface area is 73.7 Å². The van der Waals surface area contributed by atoms with Gasteiger partial charge in [-0.1, -0.05) is 0 Å². The van der Waals surface area contributed by atoms with Gasteiger partial charge >= 0.3 is 0 Å². The van der Waals surface area contributed by atoms with E-state index in [1.165, 1.54) is 18.2 Å². The van der Waals surface area contributed by atoms with Gasteiger partial charge in [0.05, 0.1) is 5.69 Å². The normalized spacial score (nSPS) is 10.6. The Kier molecular flexibility index (Phi) is 2.74. The molecule has 1 aromatic rings. The van der Waals surface area contributed by atoms with Crippen molar-refractivity contribution in [2.24, 2.45) is 0 Å². The average Bonchev–Trinajstić information content (AvgIpc) is 2.13. The second-order valence-corrected chi connectivity index (χ2v) is 2.37. The summed E-state index contributed by atoms with van der Waals surface area (Å²) in [6.45, 7) is 0. The molecule has 0 fully saturated rings. The summed E-state index contributed by atoms with van der Waals surface area (Å²) >= 11 is 0. The third-order valence-electron chi connectivity index (χ3n) is 1.50. The van der Waals surface area contributed by atoms with Crippen molar-refractivity contribution in [1.82, 2.24) is 0 Å². The predicted molar refractivity (Wildman–Crippen MR) is 45.9 cm³/mol. The van der Waals surface area contributed by atoms with Gasteiger partial charge in [-0.05, 0) is 24.3 Å². The Hall–Kier alpha value is -1.71. The van der Waals surface area contributed by atoms with Crippen LogP contribution in [-0.2, 0) is 4.79 Å². The van der Waals surface area contributed by atoms with Crippen molar-refractivity contribution in [2.45, 2.75) is 0 Å². The molecule has 0 aliphatic heterocycles. The summed E-state index contributed by atoms with van der Waals surface area (Å²) in [4.78, 5) is 9.91. The van der Waals surface area contributed by atoms with Gasteiger partial charge in [-0.3, -0.25) is 4.79 Å². The van der Waals surface area contributed by atoms with Gasteiger partial charge < -0.3 is 5.73 Å². The van der Waals surface area contributed by atoms with E-state index in [-0.39, 0.29) is 11.3 Å². The molecule has 0 saturated heterocycles. The van der Waals surface area contributed by atoms with Gasteiger partial charge in [0.25, 0.3) is 0 Å². The van der Waals surface area contributed by atoms with E-state index >= 15 is 0 Å². The topological polar surface area (TPSA) is 43.1 Å². The lowest BCUT2D eigenvalue weighted by Gasteiger charge is -2.00. The minimum absolute atomic E-state index is 0.00111. The first-order valence-corrected chi connectivity index (χ1v) is 3.52. The average molecular weight is 183 g/mol. The zero-order chi connectivity index (χ0) is 9.84. The van der Waals surface area contributed by atoms with Crippen molar-refractivity contribution in [1.29, 1.82) is 0 Å². The number of halogens is 2. The van der Waals surface area contributed by atoms with Crippen LogP contribution in [0.3, 0.4) is 0 Å². The fraction of sp³-hybridized carbons (Fsp3) is 0. The third kappa shape index (κ3) is 1.90. The molecule has 0 aromatic heterocycles. The highest BCUT2D eigenvalue weighted by molar-refractivity contribution is 5.74. The number of nitrogen functional groups attached to an aromatic ring is 1. The molecule has 4 heteroatoms. The quantitative estimate of drug-likeness (QED) is 0.431. The highest BCUT2D eigenvalue weighted by atomic mass is 19.2. The van der Waals surface area contributed by atoms with E-state index in [0.717, 1.165) is 6.08 Å². The number of rotatable bonds is 2. The number of benzene rings is 1. The lowest BCUT2D eigenvalue weighted by atomic mass is 10.1. The number of nitrogens with two attached hydrogens (primary N) is 1. The Balaban J connectivity index is 3.17. The van der Waals surface area contributed by atoms with Gasteiger partial charge in [-0.25, -0.2) is 8.78 Å². The molecule has 0 bridgehead atoms. The molecule has 1 rings (SSSR count). The van der Waals surface area contributed by atoms with Crippen molar-refractivity contribution in [3.63, 3.8) is 0 Å². The monoisotopic (exact) mass is 183 g/mol. The molecule has 0 amide bonds. The highest BCUT2D eigenvalue weighted by Gasteiger charge is 2.08. The number of carbonyl (C=O) groups excluding carboxylic acids is 1. The van der Waals surface area contributed by atoms with Crippen LogP contribution in [0.25, 0.3) is 6.08 Å². The molecule has 1 aromatic carbocycles. The van der Waals surface area contributed by atoms with Crippen molar-refractivity contribution in [3.8, 4) is 0 Å². The Morgan fingerprint density at radius 1 is 1.23 bits per heavy atom. The van der Waals surface area contributed by atoms with E-state index in [2.05, 4.69) is 0 Å². The van der Waals surface area contributed by atoms with Crippen molar-refractivity contribution < 1.29 is 13.6 Å². The minimum Gasteiger partial charge on any atom is -0.396 e. The fourth-order valence-electron chi connectivity index (χ4n) is 0.851. The van der Waals surface area contributed by atoms with Crippen LogP contribution in [0.4, 0.5) is 14.5 Å². The molecule has 0 spiro atoms. The van der Waals surface area contributed by atoms with Crippen LogP contribution in [-0.4, -0.2) is 6.29 Å². The van der Waals surface area contributed by atoms with Crippen molar-refractivity contribution in [3.05, 3.63) is 35.4 Å². The largest absolute Gasteiger partial charge is 0.396 e. The first-order chi connectivity index (χ1) is 6.16. The molecule has 0 aliphatic rings. The molecular formula is C9H7F2NO. The van der Waals surface area contributed by atoms with E-state index in [4.69, 9.17) is 5.73 Å². The number of hydrogen-bond acceptors (Lipinski definition) is 2. The molecule has 68 valence electrons. The summed E-state index contributed by atoms with van der Waals surface area (Å²) in [5, 5.41) is 0. The highest BCUT2D eigenvalue weighted by Crippen LogP contribution is 2.18. The Bertz CT molecular complexity index is 361. The van der Waals surface area contributed by atoms with Crippen molar-refractivity contribution >= 4 is 18.0 Å². The lowest BCUT2D eigenvalue weighted by Crippen LogP contribution is -1.96. The van der Waals surface area contributed by atoms with Gasteiger partial charge in [0.15, 0.2) is 11.6 Å². The van der Waals surface area contributed by atoms with Crippen LogP contribution in [0.5, 0.6) is 0 Å². The number of aldehydes is 1. The van der Waals surface area contributed by atoms with Gasteiger partial charge in [-0.2, -0.15) is 0 Å². The maximum Gasteiger partial charge on any atom is 0.182 e.